The van der Waals surface area contributed by atoms with Gasteiger partial charge in [0.1, 0.15) is 6.61 Å². The molecule has 1 atom stereocenters. The first-order chi connectivity index (χ1) is 13.3. The summed E-state index contributed by atoms with van der Waals surface area (Å²) in [6.07, 6.45) is 2.76. The molecule has 0 aliphatic carbocycles. The van der Waals surface area contributed by atoms with Crippen LogP contribution in [0.2, 0.25) is 10.0 Å². The summed E-state index contributed by atoms with van der Waals surface area (Å²) in [5.41, 5.74) is 0.688. The number of nitrogens with one attached hydrogen (secondary N) is 1. The van der Waals surface area contributed by atoms with Crippen molar-refractivity contribution in [2.75, 3.05) is 31.1 Å². The van der Waals surface area contributed by atoms with Gasteiger partial charge < -0.3 is 14.4 Å². The molecule has 152 valence electrons. The van der Waals surface area contributed by atoms with Crippen LogP contribution >= 0.6 is 23.2 Å². The molecule has 28 heavy (non-hydrogen) atoms. The van der Waals surface area contributed by atoms with Gasteiger partial charge in [-0.3, -0.25) is 0 Å². The maximum atomic E-state index is 11.0. The Labute approximate surface area is 172 Å². The van der Waals surface area contributed by atoms with Gasteiger partial charge in [-0.1, -0.05) is 29.3 Å². The van der Waals surface area contributed by atoms with Crippen LogP contribution in [0, 0.1) is 0 Å². The fourth-order valence-electron chi connectivity index (χ4n) is 2.61. The van der Waals surface area contributed by atoms with Gasteiger partial charge in [0.05, 0.1) is 25.1 Å². The monoisotopic (exact) mass is 447 g/mol. The Morgan fingerprint density at radius 3 is 2.61 bits per heavy atom. The van der Waals surface area contributed by atoms with E-state index in [1.807, 2.05) is 4.90 Å². The minimum absolute atomic E-state index is 0.0785. The number of nitrogens with two attached hydrogens (primary N) is 1. The lowest BCUT2D eigenvalue weighted by molar-refractivity contribution is 0.0437. The summed E-state index contributed by atoms with van der Waals surface area (Å²) in [7, 11) is -3.76. The number of hydrogen-bond acceptors (Lipinski definition) is 7. The number of anilines is 1. The van der Waals surface area contributed by atoms with Gasteiger partial charge in [0.25, 0.3) is 10.2 Å². The molecule has 1 unspecified atom stereocenters. The predicted molar refractivity (Wildman–Crippen MR) is 106 cm³/mol. The van der Waals surface area contributed by atoms with E-state index in [4.69, 9.17) is 37.8 Å². The first-order valence-corrected chi connectivity index (χ1v) is 10.6. The number of aromatic nitrogens is 2. The minimum Gasteiger partial charge on any atom is -0.486 e. The van der Waals surface area contributed by atoms with E-state index in [2.05, 4.69) is 14.7 Å². The molecule has 1 aliphatic heterocycles. The van der Waals surface area contributed by atoms with E-state index in [1.165, 1.54) is 0 Å². The van der Waals surface area contributed by atoms with Crippen molar-refractivity contribution in [2.24, 2.45) is 5.14 Å². The smallest absolute Gasteiger partial charge is 0.274 e. The molecule has 0 radical (unpaired) electrons. The third-order valence-corrected chi connectivity index (χ3v) is 5.27. The molecule has 1 aromatic carbocycles. The molecule has 1 fully saturated rings. The lowest BCUT2D eigenvalue weighted by Gasteiger charge is -2.32. The van der Waals surface area contributed by atoms with Crippen LogP contribution in [0.1, 0.15) is 5.56 Å². The average molecular weight is 448 g/mol. The Hall–Kier alpha value is -1.69. The van der Waals surface area contributed by atoms with Gasteiger partial charge in [-0.25, -0.2) is 15.1 Å². The highest BCUT2D eigenvalue weighted by Gasteiger charge is 2.23. The summed E-state index contributed by atoms with van der Waals surface area (Å²) in [6.45, 7) is 1.71. The zero-order valence-electron chi connectivity index (χ0n) is 14.7. The van der Waals surface area contributed by atoms with Crippen molar-refractivity contribution in [3.8, 4) is 5.75 Å². The van der Waals surface area contributed by atoms with E-state index in [0.29, 0.717) is 47.0 Å². The highest BCUT2D eigenvalue weighted by atomic mass is 35.5. The summed E-state index contributed by atoms with van der Waals surface area (Å²) in [4.78, 5) is 10.5. The van der Waals surface area contributed by atoms with E-state index in [-0.39, 0.29) is 19.3 Å². The second-order valence-electron chi connectivity index (χ2n) is 6.04. The Kier molecular flexibility index (Phi) is 6.91. The Bertz CT molecular complexity index is 894. The summed E-state index contributed by atoms with van der Waals surface area (Å²) in [5.74, 6) is 0.965. The second kappa shape index (κ2) is 9.21. The molecule has 1 aromatic heterocycles. The van der Waals surface area contributed by atoms with Crippen molar-refractivity contribution < 1.29 is 17.9 Å². The molecule has 3 N–H and O–H groups in total. The van der Waals surface area contributed by atoms with Crippen molar-refractivity contribution in [3.63, 3.8) is 0 Å². The third-order valence-electron chi connectivity index (χ3n) is 3.99. The van der Waals surface area contributed by atoms with Gasteiger partial charge >= 0.3 is 0 Å². The molecule has 0 saturated carbocycles. The molecule has 2 heterocycles. The SMILES string of the molecule is NS(=O)(=O)NCC1CN(c2ncc(OCc3c(Cl)cccc3Cl)cn2)CCO1. The van der Waals surface area contributed by atoms with E-state index >= 15 is 0 Å². The second-order valence-corrected chi connectivity index (χ2v) is 8.23. The Morgan fingerprint density at radius 2 is 1.96 bits per heavy atom. The molecule has 3 rings (SSSR count). The topological polar surface area (TPSA) is 120 Å². The van der Waals surface area contributed by atoms with Gasteiger partial charge in [0.15, 0.2) is 5.75 Å². The van der Waals surface area contributed by atoms with Crippen LogP contribution in [0.25, 0.3) is 0 Å². The summed E-state index contributed by atoms with van der Waals surface area (Å²) in [5, 5.41) is 5.99. The minimum atomic E-state index is -3.76. The predicted octanol–water partition coefficient (Wildman–Crippen LogP) is 1.36. The summed E-state index contributed by atoms with van der Waals surface area (Å²) < 4.78 is 35.4. The van der Waals surface area contributed by atoms with Gasteiger partial charge in [0.2, 0.25) is 5.95 Å². The van der Waals surface area contributed by atoms with E-state index in [0.717, 1.165) is 0 Å². The summed E-state index contributed by atoms with van der Waals surface area (Å²) in [6, 6.07) is 5.25. The van der Waals surface area contributed by atoms with Crippen LogP contribution in [0.15, 0.2) is 30.6 Å². The first-order valence-electron chi connectivity index (χ1n) is 8.33. The first kappa shape index (κ1) is 21.0. The quantitative estimate of drug-likeness (QED) is 0.657. The largest absolute Gasteiger partial charge is 0.486 e. The lowest BCUT2D eigenvalue weighted by Crippen LogP contribution is -2.49. The van der Waals surface area contributed by atoms with Crippen molar-refractivity contribution in [1.29, 1.82) is 0 Å². The molecule has 0 amide bonds. The van der Waals surface area contributed by atoms with E-state index in [9.17, 15) is 8.42 Å². The molecular formula is C16H19Cl2N5O4S. The number of nitrogens with zero attached hydrogens (tertiary/aromatic N) is 3. The molecular weight excluding hydrogens is 429 g/mol. The van der Waals surface area contributed by atoms with Crippen molar-refractivity contribution >= 4 is 39.4 Å². The van der Waals surface area contributed by atoms with Crippen LogP contribution in [0.5, 0.6) is 5.75 Å². The van der Waals surface area contributed by atoms with Crippen molar-refractivity contribution in [1.82, 2.24) is 14.7 Å². The van der Waals surface area contributed by atoms with E-state index < -0.39 is 10.2 Å². The maximum absolute atomic E-state index is 11.0. The molecule has 9 nitrogen and oxygen atoms in total. The van der Waals surface area contributed by atoms with Crippen LogP contribution in [-0.4, -0.2) is 50.7 Å². The van der Waals surface area contributed by atoms with E-state index in [1.54, 1.807) is 30.6 Å². The number of benzene rings is 1. The molecule has 1 saturated heterocycles. The average Bonchev–Trinajstić information content (AvgIpc) is 2.66. The van der Waals surface area contributed by atoms with Crippen LogP contribution < -0.4 is 19.5 Å². The Morgan fingerprint density at radius 1 is 1.29 bits per heavy atom. The van der Waals surface area contributed by atoms with Crippen molar-refractivity contribution in [3.05, 3.63) is 46.2 Å². The zero-order valence-corrected chi connectivity index (χ0v) is 17.0. The third kappa shape index (κ3) is 5.90. The highest BCUT2D eigenvalue weighted by molar-refractivity contribution is 7.87. The molecule has 0 bridgehead atoms. The van der Waals surface area contributed by atoms with Gasteiger partial charge in [-0.05, 0) is 12.1 Å². The fraction of sp³-hybridized carbons (Fsp3) is 0.375. The fourth-order valence-corrected chi connectivity index (χ4v) is 3.53. The number of rotatable bonds is 7. The van der Waals surface area contributed by atoms with Gasteiger partial charge in [-0.2, -0.15) is 13.1 Å². The van der Waals surface area contributed by atoms with Crippen LogP contribution in [0.3, 0.4) is 0 Å². The van der Waals surface area contributed by atoms with Gasteiger partial charge in [-0.15, -0.1) is 0 Å². The lowest BCUT2D eigenvalue weighted by atomic mass is 10.2. The number of halogens is 2. The number of hydrogen-bond donors (Lipinski definition) is 2. The van der Waals surface area contributed by atoms with Crippen LogP contribution in [-0.2, 0) is 21.6 Å². The molecule has 1 aliphatic rings. The normalized spacial score (nSPS) is 17.5. The number of ether oxygens (including phenoxy) is 2. The molecule has 0 spiro atoms. The number of morpholine rings is 1. The molecule has 2 aromatic rings. The maximum Gasteiger partial charge on any atom is 0.274 e. The summed E-state index contributed by atoms with van der Waals surface area (Å²) >= 11 is 12.3. The van der Waals surface area contributed by atoms with Crippen LogP contribution in [0.4, 0.5) is 5.95 Å². The van der Waals surface area contributed by atoms with Crippen molar-refractivity contribution in [2.45, 2.75) is 12.7 Å². The Balaban J connectivity index is 1.58. The van der Waals surface area contributed by atoms with Gasteiger partial charge in [0, 0.05) is 35.2 Å². The standard InChI is InChI=1S/C16H19Cl2N5O4S/c17-14-2-1-3-15(18)13(14)10-27-11-6-20-16(21-7-11)23-4-5-26-12(9-23)8-22-28(19,24)25/h1-3,6-7,12,22H,4-5,8-10H2,(H2,19,24,25). The zero-order chi connectivity index (χ0) is 20.1. The molecule has 12 heteroatoms. The highest BCUT2D eigenvalue weighted by Crippen LogP contribution is 2.25.